The molecule has 1 saturated carbocycles. The van der Waals surface area contributed by atoms with Crippen LogP contribution in [0.1, 0.15) is 117 Å². The van der Waals surface area contributed by atoms with E-state index in [1.54, 1.807) is 25.8 Å². The first-order chi connectivity index (χ1) is 29.0. The molecule has 2 amide bonds. The number of carbonyl (C=O) groups is 3. The third kappa shape index (κ3) is 9.17. The molecule has 2 aliphatic rings. The maximum absolute atomic E-state index is 14.3. The zero-order valence-corrected chi connectivity index (χ0v) is 36.0. The lowest BCUT2D eigenvalue weighted by atomic mass is 9.78. The smallest absolute Gasteiger partial charge is 0.407 e. The number of esters is 1. The van der Waals surface area contributed by atoms with Crippen LogP contribution in [0, 0.1) is 5.41 Å². The van der Waals surface area contributed by atoms with Gasteiger partial charge in [0.05, 0.1) is 11.8 Å². The van der Waals surface area contributed by atoms with Crippen LogP contribution in [0.5, 0.6) is 0 Å². The number of hydrogen-bond donors (Lipinski definition) is 1. The Kier molecular flexibility index (Phi) is 13.4. The second-order valence-electron chi connectivity index (χ2n) is 17.2. The average molecular weight is 825 g/mol. The van der Waals surface area contributed by atoms with Gasteiger partial charge in [-0.05, 0) is 73.4 Å². The third-order valence-corrected chi connectivity index (χ3v) is 13.0. The summed E-state index contributed by atoms with van der Waals surface area (Å²) in [4.78, 5) is 42.9. The lowest BCUT2D eigenvalue weighted by Gasteiger charge is -2.37. The molecule has 1 unspecified atom stereocenters. The third-order valence-electron chi connectivity index (χ3n) is 12.6. The predicted molar refractivity (Wildman–Crippen MR) is 239 cm³/mol. The fourth-order valence-corrected chi connectivity index (χ4v) is 9.40. The van der Waals surface area contributed by atoms with Crippen LogP contribution in [0.15, 0.2) is 127 Å². The highest BCUT2D eigenvalue weighted by Crippen LogP contribution is 2.46. The molecule has 2 aliphatic carbocycles. The molecule has 7 nitrogen and oxygen atoms in total. The van der Waals surface area contributed by atoms with E-state index >= 15 is 0 Å². The van der Waals surface area contributed by atoms with Crippen LogP contribution >= 0.6 is 11.6 Å². The van der Waals surface area contributed by atoms with E-state index in [0.29, 0.717) is 16.5 Å². The number of ether oxygens (including phenoxy) is 2. The highest BCUT2D eigenvalue weighted by atomic mass is 35.5. The monoisotopic (exact) mass is 824 g/mol. The van der Waals surface area contributed by atoms with Crippen molar-refractivity contribution in [3.8, 4) is 11.1 Å². The van der Waals surface area contributed by atoms with Crippen LogP contribution in [-0.4, -0.2) is 49.1 Å². The summed E-state index contributed by atoms with van der Waals surface area (Å²) in [6, 6.07) is 41.6. The number of fused-ring (bicyclic) bond motifs is 3. The molecule has 0 spiro atoms. The van der Waals surface area contributed by atoms with Crippen molar-refractivity contribution in [2.75, 3.05) is 20.2 Å². The van der Waals surface area contributed by atoms with Crippen molar-refractivity contribution in [2.45, 2.75) is 95.6 Å². The Bertz CT molecular complexity index is 2220. The van der Waals surface area contributed by atoms with E-state index < -0.39 is 29.1 Å². The molecule has 7 rings (SSSR count). The molecule has 0 radical (unpaired) electrons. The van der Waals surface area contributed by atoms with Crippen LogP contribution in [-0.2, 0) is 24.7 Å². The summed E-state index contributed by atoms with van der Waals surface area (Å²) < 4.78 is 12.5. The molecule has 0 saturated heterocycles. The van der Waals surface area contributed by atoms with Gasteiger partial charge < -0.3 is 19.7 Å². The number of amides is 2. The summed E-state index contributed by atoms with van der Waals surface area (Å²) >= 11 is 6.99. The topological polar surface area (TPSA) is 84.9 Å². The van der Waals surface area contributed by atoms with E-state index in [-0.39, 0.29) is 31.4 Å². The summed E-state index contributed by atoms with van der Waals surface area (Å²) in [6.45, 7) is 5.61. The normalized spacial score (nSPS) is 15.9. The number of hydrogen-bond acceptors (Lipinski definition) is 5. The van der Waals surface area contributed by atoms with Gasteiger partial charge in [-0.25, -0.2) is 4.79 Å². The molecule has 8 heteroatoms. The maximum Gasteiger partial charge on any atom is 0.407 e. The molecule has 312 valence electrons. The van der Waals surface area contributed by atoms with Gasteiger partial charge in [0.1, 0.15) is 6.61 Å². The molecule has 0 bridgehead atoms. The second kappa shape index (κ2) is 18.9. The summed E-state index contributed by atoms with van der Waals surface area (Å²) in [7, 11) is 1.68. The number of carbonyl (C=O) groups excluding carboxylic acids is 3. The van der Waals surface area contributed by atoms with Gasteiger partial charge in [-0.15, -0.1) is 0 Å². The van der Waals surface area contributed by atoms with E-state index in [0.717, 1.165) is 33.4 Å². The minimum absolute atomic E-state index is 0.0461. The van der Waals surface area contributed by atoms with Gasteiger partial charge in [0, 0.05) is 47.3 Å². The zero-order chi connectivity index (χ0) is 42.3. The van der Waals surface area contributed by atoms with E-state index in [4.69, 9.17) is 21.1 Å². The second-order valence-corrected chi connectivity index (χ2v) is 17.6. The van der Waals surface area contributed by atoms with Crippen LogP contribution in [0.4, 0.5) is 4.79 Å². The first kappa shape index (κ1) is 42.7. The molecule has 2 atom stereocenters. The predicted octanol–water partition coefficient (Wildman–Crippen LogP) is 11.8. The Morgan fingerprint density at radius 1 is 0.733 bits per heavy atom. The van der Waals surface area contributed by atoms with Gasteiger partial charge in [-0.2, -0.15) is 0 Å². The van der Waals surface area contributed by atoms with E-state index in [1.807, 2.05) is 85.8 Å². The van der Waals surface area contributed by atoms with Crippen molar-refractivity contribution in [3.63, 3.8) is 0 Å². The number of rotatable bonds is 13. The number of nitrogens with one attached hydrogen (secondary N) is 1. The van der Waals surface area contributed by atoms with Crippen molar-refractivity contribution in [2.24, 2.45) is 5.41 Å². The van der Waals surface area contributed by atoms with E-state index in [1.165, 1.54) is 50.5 Å². The van der Waals surface area contributed by atoms with E-state index in [2.05, 4.69) is 53.8 Å². The molecule has 1 N–H and O–H groups in total. The van der Waals surface area contributed by atoms with Gasteiger partial charge in [0.15, 0.2) is 5.60 Å². The van der Waals surface area contributed by atoms with Crippen molar-refractivity contribution in [1.82, 2.24) is 10.2 Å². The quantitative estimate of drug-likeness (QED) is 0.0944. The van der Waals surface area contributed by atoms with Crippen LogP contribution < -0.4 is 5.32 Å². The van der Waals surface area contributed by atoms with Crippen LogP contribution in [0.3, 0.4) is 0 Å². The minimum atomic E-state index is -1.36. The van der Waals surface area contributed by atoms with Gasteiger partial charge in [0.2, 0.25) is 5.91 Å². The highest BCUT2D eigenvalue weighted by Gasteiger charge is 2.43. The SMILES string of the molecule is C[C@H](CC(=O)OC(c1ccccc1)(c1ccc(C2CCCCCCC2)cc1)c1ccccc1Cl)N(C)C(=O)C(C)(C)CNC(=O)OCC1c2ccccc2-c2ccccc21. The van der Waals surface area contributed by atoms with Crippen molar-refractivity contribution in [3.05, 3.63) is 166 Å². The summed E-state index contributed by atoms with van der Waals surface area (Å²) in [5, 5.41) is 3.30. The highest BCUT2D eigenvalue weighted by molar-refractivity contribution is 6.31. The molecule has 0 heterocycles. The lowest BCUT2D eigenvalue weighted by molar-refractivity contribution is -0.155. The van der Waals surface area contributed by atoms with Gasteiger partial charge in [-0.3, -0.25) is 9.59 Å². The Hall–Kier alpha value is -5.40. The lowest BCUT2D eigenvalue weighted by Crippen LogP contribution is -2.49. The van der Waals surface area contributed by atoms with Gasteiger partial charge in [-0.1, -0.05) is 165 Å². The number of alkyl carbamates (subject to hydrolysis) is 1. The zero-order valence-electron chi connectivity index (χ0n) is 35.3. The van der Waals surface area contributed by atoms with Crippen molar-refractivity contribution < 1.29 is 23.9 Å². The molecule has 0 aromatic heterocycles. The first-order valence-electron chi connectivity index (χ1n) is 21.5. The van der Waals surface area contributed by atoms with E-state index in [9.17, 15) is 14.4 Å². The minimum Gasteiger partial charge on any atom is -0.449 e. The number of nitrogens with zero attached hydrogens (tertiary/aromatic N) is 1. The molecular formula is C52H57ClN2O5. The van der Waals surface area contributed by atoms with Crippen LogP contribution in [0.2, 0.25) is 5.02 Å². The molecule has 5 aromatic carbocycles. The Morgan fingerprint density at radius 2 is 1.28 bits per heavy atom. The van der Waals surface area contributed by atoms with Crippen molar-refractivity contribution >= 4 is 29.6 Å². The van der Waals surface area contributed by atoms with Gasteiger partial charge in [0.25, 0.3) is 0 Å². The Labute approximate surface area is 360 Å². The Balaban J connectivity index is 1.04. The van der Waals surface area contributed by atoms with Crippen molar-refractivity contribution in [1.29, 1.82) is 0 Å². The fourth-order valence-electron chi connectivity index (χ4n) is 9.14. The molecule has 0 aliphatic heterocycles. The average Bonchev–Trinajstić information content (AvgIpc) is 3.57. The standard InChI is InChI=1S/C52H57ClN2O5/c1-36(55(4)49(57)51(2,3)35-54-50(58)59-34-45-43-25-15-13-23-41(43)42-24-14-16-26-44(42)45)33-48(56)60-52(39-21-11-8-12-22-39,46-27-17-18-28-47(46)53)40-31-29-38(30-32-40)37-19-9-6-5-7-10-20-37/h8,11-18,21-32,36-37,45H,5-7,9-10,19-20,33-35H2,1-4H3,(H,54,58)/t36-,52?/m1/s1. The molecule has 1 fully saturated rings. The summed E-state index contributed by atoms with van der Waals surface area (Å²) in [6.07, 6.45) is 8.04. The number of halogens is 1. The molecular weight excluding hydrogens is 768 g/mol. The molecule has 60 heavy (non-hydrogen) atoms. The maximum atomic E-state index is 14.3. The number of benzene rings is 5. The molecule has 5 aromatic rings. The van der Waals surface area contributed by atoms with Gasteiger partial charge >= 0.3 is 12.1 Å². The fraction of sp³-hybridized carbons (Fsp3) is 0.365. The van der Waals surface area contributed by atoms with Crippen LogP contribution in [0.25, 0.3) is 11.1 Å². The Morgan fingerprint density at radius 3 is 1.92 bits per heavy atom. The summed E-state index contributed by atoms with van der Waals surface area (Å²) in [5.41, 5.74) is 5.72. The largest absolute Gasteiger partial charge is 0.449 e. The summed E-state index contributed by atoms with van der Waals surface area (Å²) in [5.74, 6) is -0.282. The first-order valence-corrected chi connectivity index (χ1v) is 21.9.